The molecule has 0 bridgehead atoms. The minimum absolute atomic E-state index is 0.268. The van der Waals surface area contributed by atoms with Crippen LogP contribution in [0.4, 0.5) is 11.4 Å². The van der Waals surface area contributed by atoms with Gasteiger partial charge in [0.05, 0.1) is 10.6 Å². The molecule has 0 fully saturated rings. The van der Waals surface area contributed by atoms with E-state index >= 15 is 0 Å². The van der Waals surface area contributed by atoms with E-state index in [2.05, 4.69) is 21.2 Å². The van der Waals surface area contributed by atoms with Crippen molar-refractivity contribution < 1.29 is 4.79 Å². The maximum absolute atomic E-state index is 12.3. The number of rotatable bonds is 2. The zero-order chi connectivity index (χ0) is 14.9. The predicted molar refractivity (Wildman–Crippen MR) is 87.4 cm³/mol. The molecule has 0 aromatic heterocycles. The van der Waals surface area contributed by atoms with Crippen LogP contribution in [0.25, 0.3) is 0 Å². The number of nitrogens with two attached hydrogens (primary N) is 1. The molecule has 20 heavy (non-hydrogen) atoms. The maximum atomic E-state index is 12.3. The van der Waals surface area contributed by atoms with E-state index in [9.17, 15) is 4.79 Å². The smallest absolute Gasteiger partial charge is 0.257 e. The van der Waals surface area contributed by atoms with Gasteiger partial charge in [-0.05, 0) is 55.3 Å². The van der Waals surface area contributed by atoms with Gasteiger partial charge < -0.3 is 11.1 Å². The van der Waals surface area contributed by atoms with Crippen molar-refractivity contribution in [1.82, 2.24) is 0 Å². The molecule has 0 aliphatic carbocycles. The van der Waals surface area contributed by atoms with Crippen LogP contribution in [0.2, 0.25) is 5.02 Å². The summed E-state index contributed by atoms with van der Waals surface area (Å²) in [6.07, 6.45) is 0. The van der Waals surface area contributed by atoms with Gasteiger partial charge in [-0.25, -0.2) is 0 Å². The highest BCUT2D eigenvalue weighted by Gasteiger charge is 2.13. The van der Waals surface area contributed by atoms with E-state index < -0.39 is 0 Å². The Labute approximate surface area is 131 Å². The number of carbonyl (C=O) groups excluding carboxylic acids is 1. The molecule has 104 valence electrons. The summed E-state index contributed by atoms with van der Waals surface area (Å²) in [5.41, 5.74) is 9.31. The van der Waals surface area contributed by atoms with Gasteiger partial charge in [0, 0.05) is 15.8 Å². The minimum Gasteiger partial charge on any atom is -0.399 e. The molecule has 0 saturated carbocycles. The van der Waals surface area contributed by atoms with Gasteiger partial charge in [0.25, 0.3) is 5.91 Å². The molecule has 0 unspecified atom stereocenters. The Balaban J connectivity index is 2.35. The lowest BCUT2D eigenvalue weighted by atomic mass is 10.1. The fraction of sp³-hybridized carbons (Fsp3) is 0.133. The van der Waals surface area contributed by atoms with E-state index in [1.807, 2.05) is 26.0 Å². The van der Waals surface area contributed by atoms with Gasteiger partial charge >= 0.3 is 0 Å². The van der Waals surface area contributed by atoms with Gasteiger partial charge in [0.1, 0.15) is 0 Å². The average Bonchev–Trinajstić information content (AvgIpc) is 2.36. The van der Waals surface area contributed by atoms with E-state index in [1.54, 1.807) is 18.2 Å². The molecule has 2 aromatic rings. The molecule has 0 aliphatic heterocycles. The van der Waals surface area contributed by atoms with Gasteiger partial charge in [-0.3, -0.25) is 4.79 Å². The molecule has 0 aliphatic rings. The molecular weight excluding hydrogens is 340 g/mol. The third-order valence-corrected chi connectivity index (χ3v) is 3.76. The molecule has 3 N–H and O–H groups in total. The second kappa shape index (κ2) is 5.85. The summed E-state index contributed by atoms with van der Waals surface area (Å²) < 4.78 is 0.979. The Morgan fingerprint density at radius 2 is 1.80 bits per heavy atom. The van der Waals surface area contributed by atoms with Crippen molar-refractivity contribution >= 4 is 44.8 Å². The minimum atomic E-state index is -0.268. The highest BCUT2D eigenvalue weighted by atomic mass is 79.9. The van der Waals surface area contributed by atoms with Crippen LogP contribution in [0.15, 0.2) is 34.8 Å². The quantitative estimate of drug-likeness (QED) is 0.778. The number of carbonyl (C=O) groups is 1. The van der Waals surface area contributed by atoms with Gasteiger partial charge in [0.2, 0.25) is 0 Å². The lowest BCUT2D eigenvalue weighted by Crippen LogP contribution is -2.14. The van der Waals surface area contributed by atoms with Crippen molar-refractivity contribution in [1.29, 1.82) is 0 Å². The summed E-state index contributed by atoms with van der Waals surface area (Å²) in [5.74, 6) is -0.268. The normalized spacial score (nSPS) is 10.4. The number of benzene rings is 2. The van der Waals surface area contributed by atoms with Gasteiger partial charge in [0.15, 0.2) is 0 Å². The van der Waals surface area contributed by atoms with Crippen molar-refractivity contribution in [2.45, 2.75) is 13.8 Å². The molecule has 0 atom stereocenters. The zero-order valence-corrected chi connectivity index (χ0v) is 13.5. The molecular formula is C15H14BrClN2O. The van der Waals surface area contributed by atoms with Crippen LogP contribution in [0, 0.1) is 13.8 Å². The van der Waals surface area contributed by atoms with E-state index in [0.29, 0.717) is 16.3 Å². The van der Waals surface area contributed by atoms with E-state index in [4.69, 9.17) is 17.3 Å². The van der Waals surface area contributed by atoms with Crippen LogP contribution in [-0.2, 0) is 0 Å². The maximum Gasteiger partial charge on any atom is 0.257 e. The average molecular weight is 354 g/mol. The summed E-state index contributed by atoms with van der Waals surface area (Å²) in [7, 11) is 0. The Morgan fingerprint density at radius 1 is 1.20 bits per heavy atom. The van der Waals surface area contributed by atoms with Crippen LogP contribution < -0.4 is 11.1 Å². The molecule has 1 amide bonds. The second-order valence-corrected chi connectivity index (χ2v) is 5.93. The Morgan fingerprint density at radius 3 is 2.40 bits per heavy atom. The summed E-state index contributed by atoms with van der Waals surface area (Å²) >= 11 is 9.47. The molecule has 5 heteroatoms. The first-order chi connectivity index (χ1) is 9.38. The lowest BCUT2D eigenvalue weighted by molar-refractivity contribution is 0.102. The van der Waals surface area contributed by atoms with E-state index in [1.165, 1.54) is 0 Å². The van der Waals surface area contributed by atoms with Crippen molar-refractivity contribution in [3.8, 4) is 0 Å². The van der Waals surface area contributed by atoms with Gasteiger partial charge in [-0.2, -0.15) is 0 Å². The van der Waals surface area contributed by atoms with Crippen LogP contribution in [0.1, 0.15) is 21.5 Å². The number of anilines is 2. The van der Waals surface area contributed by atoms with Crippen molar-refractivity contribution in [2.24, 2.45) is 0 Å². The number of aryl methyl sites for hydroxylation is 2. The lowest BCUT2D eigenvalue weighted by Gasteiger charge is -2.13. The molecule has 2 aromatic carbocycles. The topological polar surface area (TPSA) is 55.1 Å². The highest BCUT2D eigenvalue weighted by Crippen LogP contribution is 2.27. The highest BCUT2D eigenvalue weighted by molar-refractivity contribution is 9.10. The van der Waals surface area contributed by atoms with Crippen LogP contribution in [-0.4, -0.2) is 5.91 Å². The van der Waals surface area contributed by atoms with Gasteiger partial charge in [-0.15, -0.1) is 0 Å². The molecule has 0 saturated heterocycles. The molecule has 0 heterocycles. The largest absolute Gasteiger partial charge is 0.399 e. The SMILES string of the molecule is Cc1cc(Br)cc(C)c1NC(=O)c1cc(N)ccc1Cl. The van der Waals surface area contributed by atoms with Gasteiger partial charge in [-0.1, -0.05) is 27.5 Å². The van der Waals surface area contributed by atoms with Crippen molar-refractivity contribution in [3.05, 3.63) is 56.5 Å². The number of halogens is 2. The number of nitrogen functional groups attached to an aromatic ring is 1. The first-order valence-electron chi connectivity index (χ1n) is 6.01. The fourth-order valence-corrected chi connectivity index (χ4v) is 2.90. The summed E-state index contributed by atoms with van der Waals surface area (Å²) in [6.45, 7) is 3.88. The molecule has 0 radical (unpaired) electrons. The second-order valence-electron chi connectivity index (χ2n) is 4.61. The number of amides is 1. The Bertz CT molecular complexity index is 663. The molecule has 0 spiro atoms. The summed E-state index contributed by atoms with van der Waals surface area (Å²) in [5, 5.41) is 3.27. The number of nitrogens with one attached hydrogen (secondary N) is 1. The first-order valence-corrected chi connectivity index (χ1v) is 7.18. The number of hydrogen-bond donors (Lipinski definition) is 2. The number of hydrogen-bond acceptors (Lipinski definition) is 2. The molecule has 3 nitrogen and oxygen atoms in total. The Kier molecular flexibility index (Phi) is 4.35. The van der Waals surface area contributed by atoms with Crippen molar-refractivity contribution in [2.75, 3.05) is 11.1 Å². The monoisotopic (exact) mass is 352 g/mol. The summed E-state index contributed by atoms with van der Waals surface area (Å²) in [6, 6.07) is 8.75. The van der Waals surface area contributed by atoms with Crippen molar-refractivity contribution in [3.63, 3.8) is 0 Å². The van der Waals surface area contributed by atoms with E-state index in [-0.39, 0.29) is 5.91 Å². The van der Waals surface area contributed by atoms with E-state index in [0.717, 1.165) is 21.3 Å². The third-order valence-electron chi connectivity index (χ3n) is 2.97. The third kappa shape index (κ3) is 3.14. The fourth-order valence-electron chi connectivity index (χ4n) is 2.01. The molecule has 2 rings (SSSR count). The standard InChI is InChI=1S/C15H14BrClN2O/c1-8-5-10(16)6-9(2)14(8)19-15(20)12-7-11(18)3-4-13(12)17/h3-7H,18H2,1-2H3,(H,19,20). The first kappa shape index (κ1) is 14.9. The summed E-state index contributed by atoms with van der Waals surface area (Å²) in [4.78, 5) is 12.3. The van der Waals surface area contributed by atoms with Crippen LogP contribution >= 0.6 is 27.5 Å². The van der Waals surface area contributed by atoms with Crippen LogP contribution in [0.5, 0.6) is 0 Å². The Hall–Kier alpha value is -1.52. The van der Waals surface area contributed by atoms with Crippen LogP contribution in [0.3, 0.4) is 0 Å². The predicted octanol–water partition coefficient (Wildman–Crippen LogP) is 4.55. The zero-order valence-electron chi connectivity index (χ0n) is 11.1.